The molecular weight excluding hydrogens is 260 g/mol. The van der Waals surface area contributed by atoms with Gasteiger partial charge < -0.3 is 4.90 Å². The summed E-state index contributed by atoms with van der Waals surface area (Å²) in [6.07, 6.45) is 7.15. The topological polar surface area (TPSA) is 33.4 Å². The fraction of sp³-hybridized carbons (Fsp3) is 0.647. The summed E-state index contributed by atoms with van der Waals surface area (Å²) < 4.78 is 1.92. The van der Waals surface area contributed by atoms with Crippen LogP contribution in [0.25, 0.3) is 5.65 Å². The minimum Gasteiger partial charge on any atom is -0.360 e. The van der Waals surface area contributed by atoms with Crippen molar-refractivity contribution >= 4 is 11.5 Å². The van der Waals surface area contributed by atoms with Crippen LogP contribution in [0, 0.1) is 6.92 Å². The van der Waals surface area contributed by atoms with Gasteiger partial charge in [-0.15, -0.1) is 0 Å². The second-order valence-corrected chi connectivity index (χ2v) is 6.03. The van der Waals surface area contributed by atoms with E-state index < -0.39 is 0 Å². The molecule has 0 amide bonds. The number of anilines is 1. The highest BCUT2D eigenvalue weighted by Gasteiger charge is 2.13. The van der Waals surface area contributed by atoms with E-state index in [1.807, 2.05) is 4.52 Å². The molecule has 0 saturated carbocycles. The highest BCUT2D eigenvalue weighted by atomic mass is 15.3. The van der Waals surface area contributed by atoms with Gasteiger partial charge in [-0.05, 0) is 20.3 Å². The molecule has 1 atom stereocenters. The fourth-order valence-electron chi connectivity index (χ4n) is 2.64. The molecule has 2 heterocycles. The van der Waals surface area contributed by atoms with Crippen LogP contribution in [0.5, 0.6) is 0 Å². The molecule has 0 N–H and O–H groups in total. The van der Waals surface area contributed by atoms with Crippen molar-refractivity contribution in [1.29, 1.82) is 0 Å². The lowest BCUT2D eigenvalue weighted by Gasteiger charge is -2.17. The van der Waals surface area contributed by atoms with E-state index in [0.717, 1.165) is 23.7 Å². The first-order valence-corrected chi connectivity index (χ1v) is 8.14. The van der Waals surface area contributed by atoms with Gasteiger partial charge in [0.1, 0.15) is 5.82 Å². The molecule has 2 aromatic heterocycles. The smallest absolute Gasteiger partial charge is 0.157 e. The van der Waals surface area contributed by atoms with E-state index in [1.165, 1.54) is 31.2 Å². The molecule has 21 heavy (non-hydrogen) atoms. The van der Waals surface area contributed by atoms with E-state index in [9.17, 15) is 0 Å². The van der Waals surface area contributed by atoms with E-state index in [4.69, 9.17) is 10.1 Å². The maximum Gasteiger partial charge on any atom is 0.157 e. The predicted octanol–water partition coefficient (Wildman–Crippen LogP) is 4.18. The van der Waals surface area contributed by atoms with Crippen molar-refractivity contribution in [2.45, 2.75) is 59.3 Å². The molecule has 1 unspecified atom stereocenters. The highest BCUT2D eigenvalue weighted by Crippen LogP contribution is 2.23. The summed E-state index contributed by atoms with van der Waals surface area (Å²) in [5.74, 6) is 1.56. The monoisotopic (exact) mass is 288 g/mol. The largest absolute Gasteiger partial charge is 0.360 e. The van der Waals surface area contributed by atoms with Crippen molar-refractivity contribution < 1.29 is 0 Å². The number of hydrogen-bond acceptors (Lipinski definition) is 3. The lowest BCUT2D eigenvalue weighted by Crippen LogP contribution is -2.19. The minimum absolute atomic E-state index is 0.505. The van der Waals surface area contributed by atoms with Gasteiger partial charge in [0.05, 0.1) is 5.69 Å². The Morgan fingerprint density at radius 3 is 2.71 bits per heavy atom. The van der Waals surface area contributed by atoms with Crippen molar-refractivity contribution in [1.82, 2.24) is 14.6 Å². The van der Waals surface area contributed by atoms with Gasteiger partial charge >= 0.3 is 0 Å². The second-order valence-electron chi connectivity index (χ2n) is 6.03. The molecule has 0 fully saturated rings. The lowest BCUT2D eigenvalue weighted by atomic mass is 10.0. The second kappa shape index (κ2) is 6.92. The first-order valence-electron chi connectivity index (χ1n) is 8.14. The van der Waals surface area contributed by atoms with Gasteiger partial charge in [0.25, 0.3) is 0 Å². The highest BCUT2D eigenvalue weighted by molar-refractivity contribution is 5.53. The van der Waals surface area contributed by atoms with E-state index in [1.54, 1.807) is 0 Å². The third-order valence-corrected chi connectivity index (χ3v) is 4.21. The Kier molecular flexibility index (Phi) is 5.21. The molecule has 0 saturated heterocycles. The summed E-state index contributed by atoms with van der Waals surface area (Å²) >= 11 is 0. The molecular formula is C17H28N4. The van der Waals surface area contributed by atoms with Crippen LogP contribution >= 0.6 is 0 Å². The zero-order chi connectivity index (χ0) is 15.4. The number of aromatic nitrogens is 3. The third kappa shape index (κ3) is 3.55. The number of aryl methyl sites for hydroxylation is 1. The number of nitrogens with zero attached hydrogens (tertiary/aromatic N) is 4. The quantitative estimate of drug-likeness (QED) is 0.717. The van der Waals surface area contributed by atoms with E-state index in [-0.39, 0.29) is 0 Å². The molecule has 0 aliphatic rings. The summed E-state index contributed by atoms with van der Waals surface area (Å²) in [7, 11) is 2.08. The molecule has 0 bridgehead atoms. The molecule has 0 aromatic carbocycles. The standard InChI is InChI=1S/C17H28N4/c1-6-8-9-10-13(3)15-11-16-18-17(20(5)7-2)14(4)12-21(16)19-15/h11-13H,6-10H2,1-5H3. The zero-order valence-electron chi connectivity index (χ0n) is 14.1. The lowest BCUT2D eigenvalue weighted by molar-refractivity contribution is 0.584. The maximum atomic E-state index is 4.77. The van der Waals surface area contributed by atoms with E-state index in [0.29, 0.717) is 5.92 Å². The fourth-order valence-corrected chi connectivity index (χ4v) is 2.64. The van der Waals surface area contributed by atoms with Crippen molar-refractivity contribution in [3.63, 3.8) is 0 Å². The van der Waals surface area contributed by atoms with Crippen molar-refractivity contribution in [3.05, 3.63) is 23.5 Å². The maximum absolute atomic E-state index is 4.77. The van der Waals surface area contributed by atoms with Crippen molar-refractivity contribution in [2.24, 2.45) is 0 Å². The number of hydrogen-bond donors (Lipinski definition) is 0. The average Bonchev–Trinajstić information content (AvgIpc) is 2.88. The molecule has 4 heteroatoms. The summed E-state index contributed by atoms with van der Waals surface area (Å²) in [5.41, 5.74) is 3.28. The van der Waals surface area contributed by atoms with Gasteiger partial charge in [-0.1, -0.05) is 33.1 Å². The minimum atomic E-state index is 0.505. The van der Waals surface area contributed by atoms with Crippen LogP contribution in [0.2, 0.25) is 0 Å². The molecule has 4 nitrogen and oxygen atoms in total. The van der Waals surface area contributed by atoms with Crippen LogP contribution < -0.4 is 4.90 Å². The SMILES string of the molecule is CCCCCC(C)c1cc2nc(N(C)CC)c(C)cn2n1. The van der Waals surface area contributed by atoms with Gasteiger partial charge in [-0.2, -0.15) is 5.10 Å². The molecule has 0 aliphatic heterocycles. The Morgan fingerprint density at radius 1 is 1.29 bits per heavy atom. The number of fused-ring (bicyclic) bond motifs is 1. The molecule has 0 aliphatic carbocycles. The number of rotatable bonds is 7. The molecule has 2 aromatic rings. The zero-order valence-corrected chi connectivity index (χ0v) is 14.1. The summed E-state index contributed by atoms with van der Waals surface area (Å²) in [5, 5.41) is 4.71. The van der Waals surface area contributed by atoms with E-state index >= 15 is 0 Å². The number of unbranched alkanes of at least 4 members (excludes halogenated alkanes) is 2. The Hall–Kier alpha value is -1.58. The van der Waals surface area contributed by atoms with Crippen molar-refractivity contribution in [2.75, 3.05) is 18.5 Å². The summed E-state index contributed by atoms with van der Waals surface area (Å²) in [6, 6.07) is 2.14. The van der Waals surface area contributed by atoms with Gasteiger partial charge in [0, 0.05) is 37.3 Å². The Balaban J connectivity index is 2.25. The van der Waals surface area contributed by atoms with Crippen LogP contribution in [-0.2, 0) is 0 Å². The van der Waals surface area contributed by atoms with Crippen LogP contribution in [0.4, 0.5) is 5.82 Å². The summed E-state index contributed by atoms with van der Waals surface area (Å²) in [6.45, 7) is 9.71. The van der Waals surface area contributed by atoms with Gasteiger partial charge in [-0.3, -0.25) is 0 Å². The van der Waals surface area contributed by atoms with Crippen molar-refractivity contribution in [3.8, 4) is 0 Å². The molecule has 2 rings (SSSR count). The predicted molar refractivity (Wildman–Crippen MR) is 89.2 cm³/mol. The van der Waals surface area contributed by atoms with Crippen LogP contribution in [0.1, 0.15) is 63.6 Å². The Labute approximate surface area is 128 Å². The normalized spacial score (nSPS) is 12.8. The first kappa shape index (κ1) is 15.8. The van der Waals surface area contributed by atoms with Crippen LogP contribution in [-0.4, -0.2) is 28.2 Å². The van der Waals surface area contributed by atoms with Gasteiger partial charge in [0.15, 0.2) is 5.65 Å². The van der Waals surface area contributed by atoms with Crippen LogP contribution in [0.3, 0.4) is 0 Å². The Bertz CT molecular complexity index is 588. The molecule has 0 radical (unpaired) electrons. The molecule has 116 valence electrons. The van der Waals surface area contributed by atoms with Crippen LogP contribution in [0.15, 0.2) is 12.3 Å². The molecule has 0 spiro atoms. The van der Waals surface area contributed by atoms with Gasteiger partial charge in [-0.25, -0.2) is 9.50 Å². The Morgan fingerprint density at radius 2 is 2.05 bits per heavy atom. The van der Waals surface area contributed by atoms with Gasteiger partial charge in [0.2, 0.25) is 0 Å². The third-order valence-electron chi connectivity index (χ3n) is 4.21. The summed E-state index contributed by atoms with van der Waals surface area (Å²) in [4.78, 5) is 6.94. The average molecular weight is 288 g/mol. The first-order chi connectivity index (χ1) is 10.1. The van der Waals surface area contributed by atoms with E-state index in [2.05, 4.69) is 51.9 Å².